The van der Waals surface area contributed by atoms with Gasteiger partial charge in [-0.25, -0.2) is 0 Å². The molecular formula is C43H39Cl3Si. The molecule has 0 aliphatic heterocycles. The summed E-state index contributed by atoms with van der Waals surface area (Å²) in [5.74, 6) is 0.338. The molecule has 1 spiro atoms. The molecule has 0 heterocycles. The van der Waals surface area contributed by atoms with Crippen molar-refractivity contribution in [3.8, 4) is 0 Å². The molecule has 5 aromatic rings. The van der Waals surface area contributed by atoms with E-state index in [4.69, 9.17) is 34.8 Å². The number of hydrogen-bond donors (Lipinski definition) is 0. The largest absolute Gasteiger partial charge is 0.123 e. The van der Waals surface area contributed by atoms with Crippen molar-refractivity contribution in [1.29, 1.82) is 0 Å². The molecule has 2 atom stereocenters. The lowest BCUT2D eigenvalue weighted by molar-refractivity contribution is 0.425. The fraction of sp³-hybridized carbons (Fsp3) is 0.209. The number of halogens is 3. The molecule has 47 heavy (non-hydrogen) atoms. The Labute approximate surface area is 295 Å². The van der Waals surface area contributed by atoms with Crippen LogP contribution in [0.4, 0.5) is 0 Å². The van der Waals surface area contributed by atoms with Gasteiger partial charge in [0.25, 0.3) is 0 Å². The molecule has 236 valence electrons. The lowest BCUT2D eigenvalue weighted by Crippen LogP contribution is -2.65. The minimum atomic E-state index is -2.35. The third kappa shape index (κ3) is 5.98. The predicted molar refractivity (Wildman–Crippen MR) is 206 cm³/mol. The zero-order valence-electron chi connectivity index (χ0n) is 27.1. The summed E-state index contributed by atoms with van der Waals surface area (Å²) in [5.41, 5.74) is 7.42. The Balaban J connectivity index is 1.44. The molecule has 5 aromatic carbocycles. The highest BCUT2D eigenvalue weighted by Gasteiger charge is 2.51. The molecule has 0 saturated heterocycles. The number of hydrogen-bond acceptors (Lipinski definition) is 0. The van der Waals surface area contributed by atoms with E-state index in [-0.39, 0.29) is 10.5 Å². The summed E-state index contributed by atoms with van der Waals surface area (Å²) in [6, 6.07) is 47.0. The van der Waals surface area contributed by atoms with Crippen molar-refractivity contribution in [3.63, 3.8) is 0 Å². The van der Waals surface area contributed by atoms with E-state index >= 15 is 0 Å². The Kier molecular flexibility index (Phi) is 8.64. The van der Waals surface area contributed by atoms with Crippen LogP contribution < -0.4 is 10.4 Å². The molecule has 0 unspecified atom stereocenters. The Morgan fingerprint density at radius 1 is 0.660 bits per heavy atom. The van der Waals surface area contributed by atoms with Crippen LogP contribution in [0.2, 0.25) is 26.2 Å². The minimum absolute atomic E-state index is 0.0695. The van der Waals surface area contributed by atoms with E-state index in [0.29, 0.717) is 5.92 Å². The van der Waals surface area contributed by atoms with Gasteiger partial charge in [0.2, 0.25) is 0 Å². The van der Waals surface area contributed by atoms with Gasteiger partial charge in [-0.1, -0.05) is 169 Å². The second-order valence-electron chi connectivity index (χ2n) is 14.3. The van der Waals surface area contributed by atoms with Crippen LogP contribution in [0.3, 0.4) is 0 Å². The average Bonchev–Trinajstić information content (AvgIpc) is 3.36. The highest BCUT2D eigenvalue weighted by molar-refractivity contribution is 7.04. The summed E-state index contributed by atoms with van der Waals surface area (Å²) < 4.78 is 0. The van der Waals surface area contributed by atoms with Crippen molar-refractivity contribution >= 4 is 64.4 Å². The molecule has 0 aromatic heterocycles. The summed E-state index contributed by atoms with van der Waals surface area (Å²) in [7, 11) is -2.35. The zero-order valence-corrected chi connectivity index (χ0v) is 30.4. The van der Waals surface area contributed by atoms with Gasteiger partial charge in [-0.3, -0.25) is 0 Å². The van der Waals surface area contributed by atoms with Gasteiger partial charge in [0, 0.05) is 20.5 Å². The second-order valence-corrected chi connectivity index (χ2v) is 20.5. The molecule has 7 rings (SSSR count). The third-order valence-electron chi connectivity index (χ3n) is 10.6. The first kappa shape index (κ1) is 32.2. The van der Waals surface area contributed by atoms with Gasteiger partial charge in [0.15, 0.2) is 0 Å². The van der Waals surface area contributed by atoms with E-state index in [9.17, 15) is 0 Å². The molecule has 0 nitrogen and oxygen atoms in total. The first-order valence-corrected chi connectivity index (χ1v) is 19.8. The van der Waals surface area contributed by atoms with Crippen LogP contribution >= 0.6 is 34.8 Å². The van der Waals surface area contributed by atoms with Gasteiger partial charge in [0.05, 0.1) is 0 Å². The van der Waals surface area contributed by atoms with Gasteiger partial charge in [-0.15, -0.1) is 0 Å². The summed E-state index contributed by atoms with van der Waals surface area (Å²) in [5, 5.41) is 5.32. The fourth-order valence-corrected chi connectivity index (χ4v) is 14.6. The zero-order chi connectivity index (χ0) is 32.8. The minimum Gasteiger partial charge on any atom is -0.0843 e. The van der Waals surface area contributed by atoms with E-state index in [0.717, 1.165) is 34.0 Å². The van der Waals surface area contributed by atoms with Crippen molar-refractivity contribution in [2.75, 3.05) is 0 Å². The quantitative estimate of drug-likeness (QED) is 0.156. The number of fused-ring (bicyclic) bond motifs is 2. The van der Waals surface area contributed by atoms with Crippen molar-refractivity contribution in [2.24, 2.45) is 5.92 Å². The number of benzene rings is 5. The highest BCUT2D eigenvalue weighted by atomic mass is 35.5. The molecular weight excluding hydrogens is 651 g/mol. The molecule has 0 saturated carbocycles. The summed E-state index contributed by atoms with van der Waals surface area (Å²) in [6.45, 7) is 7.40. The molecule has 0 N–H and O–H groups in total. The van der Waals surface area contributed by atoms with Crippen LogP contribution in [0.5, 0.6) is 0 Å². The topological polar surface area (TPSA) is 0 Å². The van der Waals surface area contributed by atoms with E-state index in [2.05, 4.69) is 136 Å². The maximum Gasteiger partial charge on any atom is 0.123 e. The molecule has 4 heteroatoms. The molecule has 0 radical (unpaired) electrons. The molecule has 2 aliphatic carbocycles. The Hall–Kier alpha value is -3.33. The molecule has 0 bridgehead atoms. The van der Waals surface area contributed by atoms with Crippen LogP contribution in [-0.2, 0) is 5.41 Å². The molecule has 0 fully saturated rings. The van der Waals surface area contributed by atoms with Crippen LogP contribution in [0.1, 0.15) is 55.9 Å². The first-order valence-electron chi connectivity index (χ1n) is 16.4. The maximum atomic E-state index is 6.70. The van der Waals surface area contributed by atoms with E-state index in [1.165, 1.54) is 43.8 Å². The third-order valence-corrected chi connectivity index (χ3v) is 17.6. The normalized spacial score (nSPS) is 19.3. The summed E-state index contributed by atoms with van der Waals surface area (Å²) in [6.07, 6.45) is 7.11. The SMILES string of the molecule is CC(C)(C)[Si](C[C@H]1C=C(c2ccc(Cl)cc2)C[C@@]2(C=C(c3ccc(Cl)cc3)c3cc(Cl)ccc32)C1)(c1ccccc1)c1ccccc1. The van der Waals surface area contributed by atoms with Crippen LogP contribution in [0.25, 0.3) is 11.1 Å². The van der Waals surface area contributed by atoms with Crippen molar-refractivity contribution < 1.29 is 0 Å². The van der Waals surface area contributed by atoms with E-state index < -0.39 is 8.07 Å². The molecule has 2 aliphatic rings. The average molecular weight is 690 g/mol. The summed E-state index contributed by atoms with van der Waals surface area (Å²) in [4.78, 5) is 0. The van der Waals surface area contributed by atoms with Crippen LogP contribution in [-0.4, -0.2) is 8.07 Å². The first-order chi connectivity index (χ1) is 22.6. The van der Waals surface area contributed by atoms with Crippen molar-refractivity contribution in [3.05, 3.63) is 177 Å². The Bertz CT molecular complexity index is 1910. The van der Waals surface area contributed by atoms with Gasteiger partial charge >= 0.3 is 0 Å². The Morgan fingerprint density at radius 2 is 1.19 bits per heavy atom. The van der Waals surface area contributed by atoms with E-state index in [1.807, 2.05) is 24.3 Å². The monoisotopic (exact) mass is 688 g/mol. The van der Waals surface area contributed by atoms with Crippen molar-refractivity contribution in [1.82, 2.24) is 0 Å². The fourth-order valence-electron chi connectivity index (χ4n) is 8.48. The van der Waals surface area contributed by atoms with Crippen LogP contribution in [0, 0.1) is 5.92 Å². The smallest absolute Gasteiger partial charge is 0.0843 e. The van der Waals surface area contributed by atoms with Gasteiger partial charge in [0.1, 0.15) is 8.07 Å². The van der Waals surface area contributed by atoms with E-state index in [1.54, 1.807) is 0 Å². The van der Waals surface area contributed by atoms with Crippen molar-refractivity contribution in [2.45, 2.75) is 50.1 Å². The standard InChI is InChI=1S/C43H39Cl3Si/c1-42(2,3)47(37-10-6-4-7-11-37,38-12-8-5-9-13-38)29-30-24-33(31-14-18-34(44)19-15-31)27-43(26-30)28-40(32-16-20-35(45)21-17-32)39-25-36(46)22-23-41(39)43/h4-25,28,30H,26-27,29H2,1-3H3/t30-,43+/m0/s1. The molecule has 0 amide bonds. The predicted octanol–water partition coefficient (Wildman–Crippen LogP) is 11.9. The van der Waals surface area contributed by atoms with Gasteiger partial charge in [-0.2, -0.15) is 0 Å². The maximum absolute atomic E-state index is 6.70. The van der Waals surface area contributed by atoms with Gasteiger partial charge < -0.3 is 0 Å². The number of rotatable bonds is 6. The van der Waals surface area contributed by atoms with Gasteiger partial charge in [-0.05, 0) is 99.6 Å². The Morgan fingerprint density at radius 3 is 1.74 bits per heavy atom. The second kappa shape index (κ2) is 12.6. The van der Waals surface area contributed by atoms with Crippen LogP contribution in [0.15, 0.2) is 140 Å². The highest BCUT2D eigenvalue weighted by Crippen LogP contribution is 2.56. The lowest BCUT2D eigenvalue weighted by atomic mass is 9.67. The summed E-state index contributed by atoms with van der Waals surface area (Å²) >= 11 is 19.5. The number of allylic oxidation sites excluding steroid dienone is 3. The lowest BCUT2D eigenvalue weighted by Gasteiger charge is -2.48.